The van der Waals surface area contributed by atoms with Gasteiger partial charge in [-0.15, -0.1) is 0 Å². The summed E-state index contributed by atoms with van der Waals surface area (Å²) in [5, 5.41) is 21.8. The highest BCUT2D eigenvalue weighted by atomic mass is 35.5. The Labute approximate surface area is 156 Å². The van der Waals surface area contributed by atoms with Crippen molar-refractivity contribution >= 4 is 28.2 Å². The van der Waals surface area contributed by atoms with Gasteiger partial charge in [0.1, 0.15) is 6.07 Å². The van der Waals surface area contributed by atoms with Gasteiger partial charge in [0.25, 0.3) is 0 Å². The lowest BCUT2D eigenvalue weighted by Gasteiger charge is -2.29. The van der Waals surface area contributed by atoms with Gasteiger partial charge in [-0.2, -0.15) is 10.4 Å². The van der Waals surface area contributed by atoms with E-state index in [1.807, 2.05) is 31.3 Å². The first-order chi connectivity index (χ1) is 12.7. The van der Waals surface area contributed by atoms with Gasteiger partial charge in [-0.05, 0) is 61.6 Å². The van der Waals surface area contributed by atoms with Crippen LogP contribution in [0.25, 0.3) is 10.9 Å². The average molecular weight is 367 g/mol. The van der Waals surface area contributed by atoms with Gasteiger partial charge >= 0.3 is 0 Å². The summed E-state index contributed by atoms with van der Waals surface area (Å²) in [5.74, 6) is 0.510. The Hall–Kier alpha value is -2.71. The van der Waals surface area contributed by atoms with Gasteiger partial charge in [-0.25, -0.2) is 0 Å². The molecular weight excluding hydrogens is 348 g/mol. The maximum Gasteiger partial charge on any atom is 0.155 e. The number of hydrogen-bond acceptors (Lipinski definition) is 4. The molecule has 0 amide bonds. The number of nitriles is 1. The van der Waals surface area contributed by atoms with Crippen molar-refractivity contribution in [2.45, 2.75) is 32.2 Å². The van der Waals surface area contributed by atoms with Gasteiger partial charge in [0.15, 0.2) is 5.75 Å². The molecule has 5 nitrogen and oxygen atoms in total. The van der Waals surface area contributed by atoms with Crippen molar-refractivity contribution in [3.8, 4) is 11.8 Å². The minimum absolute atomic E-state index is 0.114. The zero-order valence-electron chi connectivity index (χ0n) is 14.5. The van der Waals surface area contributed by atoms with Crippen molar-refractivity contribution < 1.29 is 4.74 Å². The first kappa shape index (κ1) is 16.7. The molecule has 1 atom stereocenters. The maximum atomic E-state index is 9.52. The molecule has 132 valence electrons. The fourth-order valence-electron chi connectivity index (χ4n) is 3.65. The Morgan fingerprint density at radius 2 is 2.31 bits per heavy atom. The quantitative estimate of drug-likeness (QED) is 0.683. The Balaban J connectivity index is 1.72. The van der Waals surface area contributed by atoms with E-state index in [1.54, 1.807) is 0 Å². The molecule has 0 saturated heterocycles. The van der Waals surface area contributed by atoms with Gasteiger partial charge in [0.05, 0.1) is 34.9 Å². The third kappa shape index (κ3) is 2.87. The van der Waals surface area contributed by atoms with Crippen LogP contribution in [-0.4, -0.2) is 16.8 Å². The average Bonchev–Trinajstić information content (AvgIpc) is 3.12. The lowest BCUT2D eigenvalue weighted by Crippen LogP contribution is -2.18. The van der Waals surface area contributed by atoms with E-state index in [-0.39, 0.29) is 6.04 Å². The molecule has 4 rings (SSSR count). The van der Waals surface area contributed by atoms with Crippen molar-refractivity contribution in [3.63, 3.8) is 0 Å². The first-order valence-corrected chi connectivity index (χ1v) is 9.17. The van der Waals surface area contributed by atoms with Gasteiger partial charge in [-0.3, -0.25) is 5.10 Å². The number of hydrogen-bond donors (Lipinski definition) is 2. The molecule has 0 saturated carbocycles. The monoisotopic (exact) mass is 366 g/mol. The molecule has 0 bridgehead atoms. The molecule has 3 aromatic rings. The highest BCUT2D eigenvalue weighted by molar-refractivity contribution is 6.33. The highest BCUT2D eigenvalue weighted by Gasteiger charge is 2.26. The largest absolute Gasteiger partial charge is 0.491 e. The molecule has 0 fully saturated rings. The molecule has 1 aliphatic rings. The van der Waals surface area contributed by atoms with E-state index in [4.69, 9.17) is 16.3 Å². The number of aromatic nitrogens is 2. The molecule has 1 aliphatic carbocycles. The molecule has 2 N–H and O–H groups in total. The highest BCUT2D eigenvalue weighted by Crippen LogP contribution is 2.42. The fourth-order valence-corrected chi connectivity index (χ4v) is 4.01. The van der Waals surface area contributed by atoms with Crippen LogP contribution in [-0.2, 0) is 6.42 Å². The summed E-state index contributed by atoms with van der Waals surface area (Å²) in [6.45, 7) is 2.38. The maximum absolute atomic E-state index is 9.52. The third-order valence-corrected chi connectivity index (χ3v) is 5.24. The normalized spacial score (nSPS) is 16.1. The predicted octanol–water partition coefficient (Wildman–Crippen LogP) is 4.98. The predicted molar refractivity (Wildman–Crippen MR) is 103 cm³/mol. The molecule has 2 aromatic carbocycles. The summed E-state index contributed by atoms with van der Waals surface area (Å²) in [6.07, 6.45) is 4.74. The molecule has 0 spiro atoms. The van der Waals surface area contributed by atoms with Gasteiger partial charge < -0.3 is 10.1 Å². The van der Waals surface area contributed by atoms with E-state index in [1.165, 1.54) is 0 Å². The molecule has 0 radical (unpaired) electrons. The van der Waals surface area contributed by atoms with E-state index < -0.39 is 0 Å². The minimum atomic E-state index is 0.114. The van der Waals surface area contributed by atoms with Crippen molar-refractivity contribution in [3.05, 3.63) is 52.2 Å². The van der Waals surface area contributed by atoms with E-state index in [9.17, 15) is 5.26 Å². The number of rotatable bonds is 4. The Morgan fingerprint density at radius 1 is 1.42 bits per heavy atom. The second-order valence-corrected chi connectivity index (χ2v) is 6.82. The van der Waals surface area contributed by atoms with Crippen molar-refractivity contribution in [1.82, 2.24) is 10.2 Å². The standard InChI is InChI=1S/C20H19ClN4O/c1-2-26-20-12(10-22)9-16-15(19(20)21)4-3-5-18(16)24-14-6-7-17-13(8-14)11-23-25-17/h6-9,11,18,24H,2-5H2,1H3,(H,23,25). The molecule has 26 heavy (non-hydrogen) atoms. The molecule has 0 aliphatic heterocycles. The third-order valence-electron chi connectivity index (χ3n) is 4.84. The number of H-pyrrole nitrogens is 1. The van der Waals surface area contributed by atoms with Crippen LogP contribution in [0, 0.1) is 11.3 Å². The molecule has 6 heteroatoms. The Bertz CT molecular complexity index is 1000. The van der Waals surface area contributed by atoms with E-state index in [0.717, 1.165) is 47.0 Å². The number of halogens is 1. The number of anilines is 1. The SMILES string of the molecule is CCOc1c(C#N)cc2c(c1Cl)CCCC2Nc1ccc2[nH]ncc2c1. The van der Waals surface area contributed by atoms with Crippen molar-refractivity contribution in [2.24, 2.45) is 0 Å². The number of aromatic amines is 1. The zero-order valence-corrected chi connectivity index (χ0v) is 15.2. The van der Waals surface area contributed by atoms with Gasteiger partial charge in [-0.1, -0.05) is 11.6 Å². The number of nitrogens with one attached hydrogen (secondary N) is 2. The lowest BCUT2D eigenvalue weighted by atomic mass is 9.86. The second-order valence-electron chi connectivity index (χ2n) is 6.44. The summed E-state index contributed by atoms with van der Waals surface area (Å²) in [4.78, 5) is 0. The van der Waals surface area contributed by atoms with Crippen molar-refractivity contribution in [1.29, 1.82) is 5.26 Å². The minimum Gasteiger partial charge on any atom is -0.491 e. The topological polar surface area (TPSA) is 73.7 Å². The summed E-state index contributed by atoms with van der Waals surface area (Å²) in [7, 11) is 0. The van der Waals surface area contributed by atoms with E-state index in [2.05, 4.69) is 27.6 Å². The molecule has 1 heterocycles. The van der Waals surface area contributed by atoms with Crippen LogP contribution in [0.5, 0.6) is 5.75 Å². The van der Waals surface area contributed by atoms with Crippen LogP contribution >= 0.6 is 11.6 Å². The van der Waals surface area contributed by atoms with Crippen LogP contribution < -0.4 is 10.1 Å². The number of fused-ring (bicyclic) bond motifs is 2. The van der Waals surface area contributed by atoms with Crippen LogP contribution in [0.1, 0.15) is 42.5 Å². The van der Waals surface area contributed by atoms with Crippen molar-refractivity contribution in [2.75, 3.05) is 11.9 Å². The number of nitrogens with zero attached hydrogens (tertiary/aromatic N) is 2. The number of ether oxygens (including phenoxy) is 1. The smallest absolute Gasteiger partial charge is 0.155 e. The van der Waals surface area contributed by atoms with Crippen LogP contribution in [0.4, 0.5) is 5.69 Å². The first-order valence-electron chi connectivity index (χ1n) is 8.79. The Kier molecular flexibility index (Phi) is 4.44. The van der Waals surface area contributed by atoms with Crippen LogP contribution in [0.2, 0.25) is 5.02 Å². The summed E-state index contributed by atoms with van der Waals surface area (Å²) >= 11 is 6.60. The summed E-state index contributed by atoms with van der Waals surface area (Å²) < 4.78 is 5.63. The van der Waals surface area contributed by atoms with Crippen LogP contribution in [0.3, 0.4) is 0 Å². The fraction of sp³-hybridized carbons (Fsp3) is 0.300. The van der Waals surface area contributed by atoms with Crippen LogP contribution in [0.15, 0.2) is 30.5 Å². The molecular formula is C20H19ClN4O. The zero-order chi connectivity index (χ0) is 18.1. The lowest BCUT2D eigenvalue weighted by molar-refractivity contribution is 0.338. The molecule has 1 aromatic heterocycles. The van der Waals surface area contributed by atoms with E-state index in [0.29, 0.717) is 22.9 Å². The summed E-state index contributed by atoms with van der Waals surface area (Å²) in [5.41, 5.74) is 4.71. The van der Waals surface area contributed by atoms with Gasteiger partial charge in [0.2, 0.25) is 0 Å². The Morgan fingerprint density at radius 3 is 3.12 bits per heavy atom. The second kappa shape index (κ2) is 6.89. The van der Waals surface area contributed by atoms with Gasteiger partial charge in [0, 0.05) is 11.1 Å². The molecule has 1 unspecified atom stereocenters. The number of benzene rings is 2. The van der Waals surface area contributed by atoms with E-state index >= 15 is 0 Å². The summed E-state index contributed by atoms with van der Waals surface area (Å²) in [6, 6.07) is 10.4.